The van der Waals surface area contributed by atoms with E-state index in [1.54, 1.807) is 0 Å². The predicted molar refractivity (Wildman–Crippen MR) is 78.1 cm³/mol. The van der Waals surface area contributed by atoms with Crippen LogP contribution in [-0.4, -0.2) is 37.3 Å². The first-order chi connectivity index (χ1) is 9.92. The highest BCUT2D eigenvalue weighted by molar-refractivity contribution is 5.21. The molecule has 1 fully saturated rings. The van der Waals surface area contributed by atoms with Gasteiger partial charge in [0.25, 0.3) is 0 Å². The lowest BCUT2D eigenvalue weighted by molar-refractivity contribution is -0.125. The molecule has 1 aliphatic rings. The van der Waals surface area contributed by atoms with Gasteiger partial charge in [-0.05, 0) is 50.9 Å². The van der Waals surface area contributed by atoms with Gasteiger partial charge in [0.1, 0.15) is 0 Å². The van der Waals surface area contributed by atoms with Crippen LogP contribution in [0.25, 0.3) is 0 Å². The molecule has 5 heteroatoms. The molecule has 0 spiro atoms. The molecule has 1 aliphatic heterocycles. The standard InChI is InChI=1S/C16H23F3N2/c1-13-2-4-15(5-3-13)11-21-8-6-14(7-9-21)10-20-12-16(17,18)19/h2-5,14,20H,6-12H2,1H3. The van der Waals surface area contributed by atoms with Crippen LogP contribution in [0.5, 0.6) is 0 Å². The highest BCUT2D eigenvalue weighted by Crippen LogP contribution is 2.19. The van der Waals surface area contributed by atoms with Gasteiger partial charge in [0.05, 0.1) is 6.54 Å². The SMILES string of the molecule is Cc1ccc(CN2CCC(CNCC(F)(F)F)CC2)cc1. The van der Waals surface area contributed by atoms with Gasteiger partial charge in [-0.25, -0.2) is 0 Å². The van der Waals surface area contributed by atoms with Crippen LogP contribution >= 0.6 is 0 Å². The molecule has 0 radical (unpaired) electrons. The number of rotatable bonds is 5. The average Bonchev–Trinajstić information content (AvgIpc) is 2.42. The quantitative estimate of drug-likeness (QED) is 0.897. The minimum atomic E-state index is -4.11. The van der Waals surface area contributed by atoms with Gasteiger partial charge in [0, 0.05) is 6.54 Å². The maximum atomic E-state index is 12.1. The van der Waals surface area contributed by atoms with E-state index in [1.807, 2.05) is 0 Å². The number of piperidine rings is 1. The Morgan fingerprint density at radius 1 is 1.14 bits per heavy atom. The highest BCUT2D eigenvalue weighted by Gasteiger charge is 2.27. The van der Waals surface area contributed by atoms with Crippen LogP contribution in [0.15, 0.2) is 24.3 Å². The largest absolute Gasteiger partial charge is 0.401 e. The fraction of sp³-hybridized carbons (Fsp3) is 0.625. The van der Waals surface area contributed by atoms with Crippen LogP contribution in [0.2, 0.25) is 0 Å². The van der Waals surface area contributed by atoms with E-state index >= 15 is 0 Å². The van der Waals surface area contributed by atoms with Gasteiger partial charge in [-0.1, -0.05) is 29.8 Å². The smallest absolute Gasteiger partial charge is 0.308 e. The molecule has 21 heavy (non-hydrogen) atoms. The topological polar surface area (TPSA) is 15.3 Å². The summed E-state index contributed by atoms with van der Waals surface area (Å²) in [7, 11) is 0. The van der Waals surface area contributed by atoms with Crippen molar-refractivity contribution in [3.05, 3.63) is 35.4 Å². The maximum Gasteiger partial charge on any atom is 0.401 e. The fourth-order valence-electron chi connectivity index (χ4n) is 2.72. The summed E-state index contributed by atoms with van der Waals surface area (Å²) < 4.78 is 36.2. The van der Waals surface area contributed by atoms with Gasteiger partial charge in [-0.2, -0.15) is 13.2 Å². The summed E-state index contributed by atoms with van der Waals surface area (Å²) in [5.41, 5.74) is 2.56. The van der Waals surface area contributed by atoms with Crippen molar-refractivity contribution < 1.29 is 13.2 Å². The lowest BCUT2D eigenvalue weighted by atomic mass is 9.96. The second-order valence-corrected chi connectivity index (χ2v) is 5.95. The molecule has 0 atom stereocenters. The minimum absolute atomic E-state index is 0.363. The Morgan fingerprint density at radius 3 is 2.33 bits per heavy atom. The predicted octanol–water partition coefficient (Wildman–Crippen LogP) is 3.36. The molecular weight excluding hydrogens is 277 g/mol. The molecule has 1 aromatic carbocycles. The van der Waals surface area contributed by atoms with Crippen molar-refractivity contribution in [3.63, 3.8) is 0 Å². The van der Waals surface area contributed by atoms with Crippen molar-refractivity contribution in [2.24, 2.45) is 5.92 Å². The molecule has 2 rings (SSSR count). The number of aryl methyl sites for hydroxylation is 1. The van der Waals surface area contributed by atoms with Crippen LogP contribution < -0.4 is 5.32 Å². The number of halogens is 3. The molecule has 0 aliphatic carbocycles. The number of alkyl halides is 3. The third-order valence-electron chi connectivity index (χ3n) is 3.99. The third kappa shape index (κ3) is 6.06. The number of nitrogens with one attached hydrogen (secondary N) is 1. The zero-order valence-corrected chi connectivity index (χ0v) is 12.4. The van der Waals surface area contributed by atoms with Crippen LogP contribution in [0.4, 0.5) is 13.2 Å². The van der Waals surface area contributed by atoms with Crippen molar-refractivity contribution in [3.8, 4) is 0 Å². The molecule has 1 saturated heterocycles. The van der Waals surface area contributed by atoms with Gasteiger partial charge in [0.15, 0.2) is 0 Å². The molecule has 1 aromatic rings. The van der Waals surface area contributed by atoms with E-state index in [0.717, 1.165) is 32.5 Å². The van der Waals surface area contributed by atoms with Crippen molar-refractivity contribution in [1.82, 2.24) is 10.2 Å². The zero-order chi connectivity index (χ0) is 15.3. The Hall–Kier alpha value is -1.07. The van der Waals surface area contributed by atoms with Crippen LogP contribution in [0.1, 0.15) is 24.0 Å². The highest BCUT2D eigenvalue weighted by atomic mass is 19.4. The van der Waals surface area contributed by atoms with E-state index in [1.165, 1.54) is 11.1 Å². The summed E-state index contributed by atoms with van der Waals surface area (Å²) in [5.74, 6) is 0.363. The van der Waals surface area contributed by atoms with Gasteiger partial charge in [-0.3, -0.25) is 4.90 Å². The average molecular weight is 300 g/mol. The van der Waals surface area contributed by atoms with Gasteiger partial charge in [-0.15, -0.1) is 0 Å². The summed E-state index contributed by atoms with van der Waals surface area (Å²) in [6, 6.07) is 8.52. The molecule has 118 valence electrons. The van der Waals surface area contributed by atoms with E-state index in [-0.39, 0.29) is 0 Å². The first kappa shape index (κ1) is 16.3. The normalized spacial score (nSPS) is 18.1. The Labute approximate surface area is 124 Å². The lowest BCUT2D eigenvalue weighted by Crippen LogP contribution is -2.39. The summed E-state index contributed by atoms with van der Waals surface area (Å²) in [4.78, 5) is 2.38. The molecule has 0 amide bonds. The third-order valence-corrected chi connectivity index (χ3v) is 3.99. The van der Waals surface area contributed by atoms with Crippen LogP contribution in [0, 0.1) is 12.8 Å². The van der Waals surface area contributed by atoms with E-state index in [0.29, 0.717) is 12.5 Å². The minimum Gasteiger partial charge on any atom is -0.308 e. The zero-order valence-electron chi connectivity index (χ0n) is 12.4. The Bertz CT molecular complexity index is 420. The Morgan fingerprint density at radius 2 is 1.76 bits per heavy atom. The first-order valence-corrected chi connectivity index (χ1v) is 7.48. The molecule has 1 N–H and O–H groups in total. The maximum absolute atomic E-state index is 12.1. The summed E-state index contributed by atoms with van der Waals surface area (Å²) in [6.45, 7) is 4.53. The van der Waals surface area contributed by atoms with Crippen molar-refractivity contribution in [2.45, 2.75) is 32.5 Å². The van der Waals surface area contributed by atoms with Gasteiger partial charge < -0.3 is 5.32 Å². The number of nitrogens with zero attached hydrogens (tertiary/aromatic N) is 1. The van der Waals surface area contributed by atoms with E-state index in [2.05, 4.69) is 41.4 Å². The Balaban J connectivity index is 1.67. The van der Waals surface area contributed by atoms with Crippen LogP contribution in [0.3, 0.4) is 0 Å². The lowest BCUT2D eigenvalue weighted by Gasteiger charge is -2.32. The number of hydrogen-bond donors (Lipinski definition) is 1. The van der Waals surface area contributed by atoms with Crippen molar-refractivity contribution >= 4 is 0 Å². The fourth-order valence-corrected chi connectivity index (χ4v) is 2.72. The van der Waals surface area contributed by atoms with E-state index in [9.17, 15) is 13.2 Å². The molecule has 2 nitrogen and oxygen atoms in total. The molecule has 1 heterocycles. The summed E-state index contributed by atoms with van der Waals surface area (Å²) in [6.07, 6.45) is -2.17. The molecular formula is C16H23F3N2. The summed E-state index contributed by atoms with van der Waals surface area (Å²) >= 11 is 0. The molecule has 0 aromatic heterocycles. The monoisotopic (exact) mass is 300 g/mol. The second kappa shape index (κ2) is 7.27. The second-order valence-electron chi connectivity index (χ2n) is 5.95. The first-order valence-electron chi connectivity index (χ1n) is 7.48. The number of hydrogen-bond acceptors (Lipinski definition) is 2. The number of benzene rings is 1. The van der Waals surface area contributed by atoms with Crippen molar-refractivity contribution in [1.29, 1.82) is 0 Å². The van der Waals surface area contributed by atoms with Gasteiger partial charge >= 0.3 is 6.18 Å². The Kier molecular flexibility index (Phi) is 5.65. The van der Waals surface area contributed by atoms with E-state index in [4.69, 9.17) is 0 Å². The molecule has 0 unspecified atom stereocenters. The number of likely N-dealkylation sites (tertiary alicyclic amines) is 1. The molecule has 0 saturated carbocycles. The molecule has 0 bridgehead atoms. The van der Waals surface area contributed by atoms with E-state index < -0.39 is 12.7 Å². The van der Waals surface area contributed by atoms with Gasteiger partial charge in [0.2, 0.25) is 0 Å². The summed E-state index contributed by atoms with van der Waals surface area (Å²) in [5, 5.41) is 2.52. The van der Waals surface area contributed by atoms with Crippen molar-refractivity contribution in [2.75, 3.05) is 26.2 Å². The van der Waals surface area contributed by atoms with Crippen LogP contribution in [-0.2, 0) is 6.54 Å².